The zero-order valence-corrected chi connectivity index (χ0v) is 19.7. The highest BCUT2D eigenvalue weighted by Crippen LogP contribution is 2.34. The summed E-state index contributed by atoms with van der Waals surface area (Å²) < 4.78 is 20.0. The zero-order chi connectivity index (χ0) is 23.7. The van der Waals surface area contributed by atoms with E-state index in [2.05, 4.69) is 18.3 Å². The fourth-order valence-corrected chi connectivity index (χ4v) is 3.97. The summed E-state index contributed by atoms with van der Waals surface area (Å²) in [6.45, 7) is 14.6. The van der Waals surface area contributed by atoms with E-state index in [0.717, 1.165) is 35.3 Å². The number of hydrazone groups is 1. The van der Waals surface area contributed by atoms with Crippen LogP contribution in [0.15, 0.2) is 60.7 Å². The molecule has 0 radical (unpaired) electrons. The zero-order valence-electron chi connectivity index (χ0n) is 18.9. The maximum absolute atomic E-state index is 14.3. The van der Waals surface area contributed by atoms with Gasteiger partial charge in [0.05, 0.1) is 5.56 Å². The van der Waals surface area contributed by atoms with Crippen LogP contribution in [0.25, 0.3) is 4.91 Å². The number of nitrogens with two attached hydrogens (primary N) is 1. The maximum atomic E-state index is 14.3. The molecule has 0 saturated heterocycles. The summed E-state index contributed by atoms with van der Waals surface area (Å²) in [5.74, 6) is 5.41. The van der Waals surface area contributed by atoms with Crippen LogP contribution >= 0.6 is 11.8 Å². The second-order valence-corrected chi connectivity index (χ2v) is 8.33. The number of carbonyl (C=O) groups excluding carboxylic acids is 1. The fourth-order valence-electron chi connectivity index (χ4n) is 3.18. The molecule has 2 N–H and O–H groups in total. The fraction of sp³-hybridized carbons (Fsp3) is 0.280. The second-order valence-electron chi connectivity index (χ2n) is 7.27. The molecular weight excluding hydrogens is 425 g/mol. The van der Waals surface area contributed by atoms with Crippen molar-refractivity contribution in [2.24, 2.45) is 10.9 Å². The van der Waals surface area contributed by atoms with Gasteiger partial charge in [0.25, 0.3) is 5.91 Å². The van der Waals surface area contributed by atoms with Crippen LogP contribution in [0.2, 0.25) is 0 Å². The summed E-state index contributed by atoms with van der Waals surface area (Å²) in [5.41, 5.74) is 2.76. The lowest BCUT2D eigenvalue weighted by atomic mass is 10.1. The first-order chi connectivity index (χ1) is 15.3. The van der Waals surface area contributed by atoms with Crippen LogP contribution in [0.4, 0.5) is 4.39 Å². The number of hydrogen-bond donors (Lipinski definition) is 1. The van der Waals surface area contributed by atoms with Crippen LogP contribution in [0.1, 0.15) is 46.8 Å². The standard InChI is InChI=1S/C25H30FN3O2S/c1-6-8-13-29(24(30)21-11-9-10-12-22(21)26)25(28-27)32-19(5)20-15-17(3)23(18(4)16-20)31-14-7-2/h7,9-12,15-16H,2,5-6,8,13-14,27H2,1,3-4H3/b28-25-. The normalized spacial score (nSPS) is 11.2. The monoisotopic (exact) mass is 455 g/mol. The third-order valence-corrected chi connectivity index (χ3v) is 5.76. The molecule has 0 aromatic heterocycles. The summed E-state index contributed by atoms with van der Waals surface area (Å²) >= 11 is 1.18. The van der Waals surface area contributed by atoms with E-state index in [0.29, 0.717) is 18.1 Å². The smallest absolute Gasteiger partial charge is 0.262 e. The van der Waals surface area contributed by atoms with E-state index in [1.165, 1.54) is 28.8 Å². The molecule has 170 valence electrons. The van der Waals surface area contributed by atoms with Crippen LogP contribution < -0.4 is 10.6 Å². The van der Waals surface area contributed by atoms with Crippen molar-refractivity contribution in [2.45, 2.75) is 33.6 Å². The quantitative estimate of drug-likeness (QED) is 0.168. The Balaban J connectivity index is 2.30. The van der Waals surface area contributed by atoms with E-state index < -0.39 is 11.7 Å². The summed E-state index contributed by atoms with van der Waals surface area (Å²) in [4.78, 5) is 15.2. The average molecular weight is 456 g/mol. The SMILES string of the molecule is C=CCOc1c(C)cc(C(=C)S/C(=N\N)N(CCCC)C(=O)c2ccccc2F)cc1C. The van der Waals surface area contributed by atoms with E-state index in [1.54, 1.807) is 18.2 Å². The van der Waals surface area contributed by atoms with E-state index in [9.17, 15) is 9.18 Å². The first kappa shape index (κ1) is 25.2. The molecule has 0 bridgehead atoms. The summed E-state index contributed by atoms with van der Waals surface area (Å²) in [6, 6.07) is 9.82. The largest absolute Gasteiger partial charge is 0.489 e. The third-order valence-electron chi connectivity index (χ3n) is 4.77. The molecule has 7 heteroatoms. The molecule has 0 fully saturated rings. The lowest BCUT2D eigenvalue weighted by Crippen LogP contribution is -2.37. The molecule has 0 aliphatic heterocycles. The number of hydrogen-bond acceptors (Lipinski definition) is 5. The second kappa shape index (κ2) is 12.1. The average Bonchev–Trinajstić information content (AvgIpc) is 2.77. The summed E-state index contributed by atoms with van der Waals surface area (Å²) in [5, 5.41) is 4.11. The van der Waals surface area contributed by atoms with Crippen molar-refractivity contribution in [3.8, 4) is 5.75 Å². The van der Waals surface area contributed by atoms with E-state index >= 15 is 0 Å². The van der Waals surface area contributed by atoms with Crippen molar-refractivity contribution < 1.29 is 13.9 Å². The Morgan fingerprint density at radius 1 is 1.28 bits per heavy atom. The van der Waals surface area contributed by atoms with Crippen LogP contribution in [0.3, 0.4) is 0 Å². The number of aryl methyl sites for hydroxylation is 2. The summed E-state index contributed by atoms with van der Waals surface area (Å²) in [6.07, 6.45) is 3.28. The molecule has 0 aliphatic rings. The topological polar surface area (TPSA) is 67.9 Å². The molecule has 0 atom stereocenters. The molecule has 0 heterocycles. The minimum atomic E-state index is -0.583. The third kappa shape index (κ3) is 6.23. The Hall–Kier alpha value is -3.06. The molecule has 0 unspecified atom stereocenters. The number of unbranched alkanes of at least 4 members (excludes halogenated alkanes) is 1. The highest BCUT2D eigenvalue weighted by molar-refractivity contribution is 8.21. The maximum Gasteiger partial charge on any atom is 0.262 e. The number of nitrogens with zero attached hydrogens (tertiary/aromatic N) is 2. The molecular formula is C25H30FN3O2S. The van der Waals surface area contributed by atoms with Crippen LogP contribution in [0.5, 0.6) is 5.75 Å². The Labute approximate surface area is 193 Å². The number of rotatable bonds is 9. The molecule has 5 nitrogen and oxygen atoms in total. The summed E-state index contributed by atoms with van der Waals surface area (Å²) in [7, 11) is 0. The Morgan fingerprint density at radius 3 is 2.50 bits per heavy atom. The van der Waals surface area contributed by atoms with Crippen molar-refractivity contribution in [1.82, 2.24) is 4.90 Å². The predicted octanol–water partition coefficient (Wildman–Crippen LogP) is 5.88. The van der Waals surface area contributed by atoms with E-state index in [-0.39, 0.29) is 10.7 Å². The van der Waals surface area contributed by atoms with E-state index in [1.807, 2.05) is 32.9 Å². The van der Waals surface area contributed by atoms with Gasteiger partial charge < -0.3 is 10.6 Å². The van der Waals surface area contributed by atoms with Gasteiger partial charge in [-0.2, -0.15) is 5.10 Å². The molecule has 2 aromatic rings. The first-order valence-electron chi connectivity index (χ1n) is 10.4. The van der Waals surface area contributed by atoms with Crippen molar-refractivity contribution in [3.05, 3.63) is 83.7 Å². The van der Waals surface area contributed by atoms with E-state index in [4.69, 9.17) is 10.6 Å². The number of amidine groups is 1. The minimum Gasteiger partial charge on any atom is -0.489 e. The number of ether oxygens (including phenoxy) is 1. The van der Waals surface area contributed by atoms with Gasteiger partial charge in [-0.1, -0.05) is 44.7 Å². The van der Waals surface area contributed by atoms with Gasteiger partial charge in [-0.25, -0.2) is 4.39 Å². The Bertz CT molecular complexity index is 997. The first-order valence-corrected chi connectivity index (χ1v) is 11.2. The minimum absolute atomic E-state index is 0.0219. The molecule has 32 heavy (non-hydrogen) atoms. The van der Waals surface area contributed by atoms with Crippen molar-refractivity contribution in [3.63, 3.8) is 0 Å². The van der Waals surface area contributed by atoms with Crippen LogP contribution in [0, 0.1) is 19.7 Å². The number of amides is 1. The number of thioether (sulfide) groups is 1. The molecule has 2 aromatic carbocycles. The van der Waals surface area contributed by atoms with Gasteiger partial charge in [0.1, 0.15) is 18.2 Å². The Morgan fingerprint density at radius 2 is 1.94 bits per heavy atom. The van der Waals surface area contributed by atoms with Gasteiger partial charge in [-0.15, -0.1) is 0 Å². The predicted molar refractivity (Wildman–Crippen MR) is 132 cm³/mol. The van der Waals surface area contributed by atoms with Gasteiger partial charge in [-0.05, 0) is 73.0 Å². The Kier molecular flexibility index (Phi) is 9.53. The van der Waals surface area contributed by atoms with Gasteiger partial charge in [0.15, 0.2) is 5.17 Å². The van der Waals surface area contributed by atoms with Crippen molar-refractivity contribution in [2.75, 3.05) is 13.2 Å². The number of benzene rings is 2. The number of carbonyl (C=O) groups is 1. The molecule has 2 rings (SSSR count). The molecule has 0 spiro atoms. The lowest BCUT2D eigenvalue weighted by molar-refractivity contribution is 0.0844. The molecule has 0 saturated carbocycles. The van der Waals surface area contributed by atoms with Gasteiger partial charge in [0, 0.05) is 11.4 Å². The van der Waals surface area contributed by atoms with Crippen molar-refractivity contribution in [1.29, 1.82) is 0 Å². The highest BCUT2D eigenvalue weighted by Gasteiger charge is 2.25. The van der Waals surface area contributed by atoms with Gasteiger partial charge in [-0.3, -0.25) is 9.69 Å². The molecule has 1 amide bonds. The van der Waals surface area contributed by atoms with Crippen LogP contribution in [-0.2, 0) is 0 Å². The highest BCUT2D eigenvalue weighted by atomic mass is 32.2. The number of halogens is 1. The van der Waals surface area contributed by atoms with Gasteiger partial charge >= 0.3 is 0 Å². The van der Waals surface area contributed by atoms with Crippen LogP contribution in [-0.4, -0.2) is 29.1 Å². The van der Waals surface area contributed by atoms with Gasteiger partial charge in [0.2, 0.25) is 0 Å². The lowest BCUT2D eigenvalue weighted by Gasteiger charge is -2.24. The van der Waals surface area contributed by atoms with Crippen molar-refractivity contribution >= 4 is 27.7 Å². The molecule has 0 aliphatic carbocycles.